The zero-order valence-electron chi connectivity index (χ0n) is 10.7. The van der Waals surface area contributed by atoms with Gasteiger partial charge >= 0.3 is 0 Å². The normalized spacial score (nSPS) is 18.8. The van der Waals surface area contributed by atoms with Crippen LogP contribution >= 0.6 is 0 Å². The lowest BCUT2D eigenvalue weighted by atomic mass is 9.83. The first-order chi connectivity index (χ1) is 7.68. The Morgan fingerprint density at radius 3 is 2.62 bits per heavy atom. The molecule has 1 rings (SSSR count). The largest absolute Gasteiger partial charge is 0.389 e. The SMILES string of the molecule is CC(C)CNCC(O)COCCC1CCC1. The predicted octanol–water partition coefficient (Wildman–Crippen LogP) is 1.80. The van der Waals surface area contributed by atoms with Gasteiger partial charge in [-0.2, -0.15) is 0 Å². The molecule has 1 saturated carbocycles. The van der Waals surface area contributed by atoms with Crippen molar-refractivity contribution in [1.29, 1.82) is 0 Å². The molecule has 0 bridgehead atoms. The van der Waals surface area contributed by atoms with E-state index in [4.69, 9.17) is 4.74 Å². The van der Waals surface area contributed by atoms with E-state index in [0.717, 1.165) is 19.1 Å². The van der Waals surface area contributed by atoms with Crippen molar-refractivity contribution in [3.05, 3.63) is 0 Å². The van der Waals surface area contributed by atoms with Crippen LogP contribution < -0.4 is 5.32 Å². The Morgan fingerprint density at radius 2 is 2.06 bits per heavy atom. The molecule has 1 aliphatic rings. The molecule has 3 heteroatoms. The highest BCUT2D eigenvalue weighted by molar-refractivity contribution is 4.69. The van der Waals surface area contributed by atoms with Crippen molar-refractivity contribution in [2.24, 2.45) is 11.8 Å². The fourth-order valence-electron chi connectivity index (χ4n) is 1.85. The molecule has 96 valence electrons. The lowest BCUT2D eigenvalue weighted by molar-refractivity contribution is 0.0275. The third-order valence-corrected chi connectivity index (χ3v) is 3.14. The van der Waals surface area contributed by atoms with Gasteiger partial charge in [0.05, 0.1) is 12.7 Å². The third-order valence-electron chi connectivity index (χ3n) is 3.14. The molecule has 0 heterocycles. The first kappa shape index (κ1) is 13.9. The fourth-order valence-corrected chi connectivity index (χ4v) is 1.85. The number of aliphatic hydroxyl groups excluding tert-OH is 1. The number of hydrogen-bond acceptors (Lipinski definition) is 3. The van der Waals surface area contributed by atoms with E-state index in [9.17, 15) is 5.11 Å². The number of ether oxygens (including phenoxy) is 1. The maximum absolute atomic E-state index is 9.61. The van der Waals surface area contributed by atoms with Crippen molar-refractivity contribution in [2.75, 3.05) is 26.3 Å². The van der Waals surface area contributed by atoms with E-state index in [1.165, 1.54) is 25.7 Å². The molecule has 0 aromatic carbocycles. The Kier molecular flexibility index (Phi) is 7.01. The van der Waals surface area contributed by atoms with Crippen molar-refractivity contribution >= 4 is 0 Å². The van der Waals surface area contributed by atoms with Crippen LogP contribution in [0.4, 0.5) is 0 Å². The molecule has 0 aliphatic heterocycles. The smallest absolute Gasteiger partial charge is 0.0897 e. The van der Waals surface area contributed by atoms with E-state index in [-0.39, 0.29) is 6.10 Å². The summed E-state index contributed by atoms with van der Waals surface area (Å²) >= 11 is 0. The van der Waals surface area contributed by atoms with Crippen molar-refractivity contribution in [3.8, 4) is 0 Å². The molecule has 0 aromatic heterocycles. The van der Waals surface area contributed by atoms with Gasteiger partial charge in [0.25, 0.3) is 0 Å². The summed E-state index contributed by atoms with van der Waals surface area (Å²) in [5.74, 6) is 1.53. The van der Waals surface area contributed by atoms with Gasteiger partial charge in [0, 0.05) is 13.2 Å². The van der Waals surface area contributed by atoms with Crippen LogP contribution in [0.2, 0.25) is 0 Å². The summed E-state index contributed by atoms with van der Waals surface area (Å²) in [6, 6.07) is 0. The predicted molar refractivity (Wildman–Crippen MR) is 66.5 cm³/mol. The van der Waals surface area contributed by atoms with Gasteiger partial charge in [-0.15, -0.1) is 0 Å². The summed E-state index contributed by atoms with van der Waals surface area (Å²) in [5, 5.41) is 12.8. The second-order valence-corrected chi connectivity index (χ2v) is 5.37. The minimum Gasteiger partial charge on any atom is -0.389 e. The average molecular weight is 229 g/mol. The Balaban J connectivity index is 1.83. The van der Waals surface area contributed by atoms with Gasteiger partial charge in [0.2, 0.25) is 0 Å². The molecule has 0 saturated heterocycles. The highest BCUT2D eigenvalue weighted by Gasteiger charge is 2.16. The van der Waals surface area contributed by atoms with E-state index in [1.807, 2.05) is 0 Å². The highest BCUT2D eigenvalue weighted by atomic mass is 16.5. The summed E-state index contributed by atoms with van der Waals surface area (Å²) in [4.78, 5) is 0. The molecular formula is C13H27NO2. The van der Waals surface area contributed by atoms with Gasteiger partial charge in [-0.05, 0) is 24.8 Å². The Labute approximate surface area is 99.6 Å². The number of rotatable bonds is 9. The van der Waals surface area contributed by atoms with E-state index >= 15 is 0 Å². The first-order valence-electron chi connectivity index (χ1n) is 6.65. The molecule has 1 fully saturated rings. The molecule has 1 aliphatic carbocycles. The molecule has 2 N–H and O–H groups in total. The minimum atomic E-state index is -0.361. The molecule has 0 amide bonds. The van der Waals surface area contributed by atoms with Crippen molar-refractivity contribution in [1.82, 2.24) is 5.32 Å². The number of hydrogen-bond donors (Lipinski definition) is 2. The van der Waals surface area contributed by atoms with Crippen LogP contribution in [0.15, 0.2) is 0 Å². The quantitative estimate of drug-likeness (QED) is 0.592. The zero-order chi connectivity index (χ0) is 11.8. The average Bonchev–Trinajstić information content (AvgIpc) is 2.14. The molecule has 3 nitrogen and oxygen atoms in total. The Bertz CT molecular complexity index is 169. The van der Waals surface area contributed by atoms with Crippen LogP contribution in [-0.4, -0.2) is 37.5 Å². The molecule has 16 heavy (non-hydrogen) atoms. The first-order valence-corrected chi connectivity index (χ1v) is 6.65. The van der Waals surface area contributed by atoms with Gasteiger partial charge in [-0.25, -0.2) is 0 Å². The van der Waals surface area contributed by atoms with Crippen molar-refractivity contribution in [3.63, 3.8) is 0 Å². The zero-order valence-corrected chi connectivity index (χ0v) is 10.7. The van der Waals surface area contributed by atoms with Gasteiger partial charge in [-0.1, -0.05) is 33.1 Å². The summed E-state index contributed by atoms with van der Waals surface area (Å²) < 4.78 is 5.47. The number of aliphatic hydroxyl groups is 1. The van der Waals surface area contributed by atoms with Crippen LogP contribution in [0.3, 0.4) is 0 Å². The Hall–Kier alpha value is -0.120. The van der Waals surface area contributed by atoms with E-state index < -0.39 is 0 Å². The van der Waals surface area contributed by atoms with Crippen LogP contribution in [0, 0.1) is 11.8 Å². The van der Waals surface area contributed by atoms with Gasteiger partial charge < -0.3 is 15.2 Å². The van der Waals surface area contributed by atoms with E-state index in [2.05, 4.69) is 19.2 Å². The summed E-state index contributed by atoms with van der Waals surface area (Å²) in [6.07, 6.45) is 4.96. The van der Waals surface area contributed by atoms with Crippen LogP contribution in [0.5, 0.6) is 0 Å². The molecule has 0 aromatic rings. The monoisotopic (exact) mass is 229 g/mol. The lowest BCUT2D eigenvalue weighted by Gasteiger charge is -2.25. The lowest BCUT2D eigenvalue weighted by Crippen LogP contribution is -2.32. The maximum Gasteiger partial charge on any atom is 0.0897 e. The molecule has 1 unspecified atom stereocenters. The molecular weight excluding hydrogens is 202 g/mol. The van der Waals surface area contributed by atoms with Crippen molar-refractivity contribution < 1.29 is 9.84 Å². The molecule has 0 radical (unpaired) electrons. The fraction of sp³-hybridized carbons (Fsp3) is 1.00. The van der Waals surface area contributed by atoms with Gasteiger partial charge in [-0.3, -0.25) is 0 Å². The van der Waals surface area contributed by atoms with Crippen LogP contribution in [0.25, 0.3) is 0 Å². The van der Waals surface area contributed by atoms with E-state index in [1.54, 1.807) is 0 Å². The second kappa shape index (κ2) is 8.04. The summed E-state index contributed by atoms with van der Waals surface area (Å²) in [7, 11) is 0. The second-order valence-electron chi connectivity index (χ2n) is 5.37. The van der Waals surface area contributed by atoms with Gasteiger partial charge in [0.15, 0.2) is 0 Å². The highest BCUT2D eigenvalue weighted by Crippen LogP contribution is 2.28. The minimum absolute atomic E-state index is 0.361. The maximum atomic E-state index is 9.61. The van der Waals surface area contributed by atoms with Crippen LogP contribution in [-0.2, 0) is 4.74 Å². The van der Waals surface area contributed by atoms with E-state index in [0.29, 0.717) is 19.1 Å². The Morgan fingerprint density at radius 1 is 1.31 bits per heavy atom. The third kappa shape index (κ3) is 6.46. The van der Waals surface area contributed by atoms with Crippen molar-refractivity contribution in [2.45, 2.75) is 45.6 Å². The van der Waals surface area contributed by atoms with Crippen LogP contribution in [0.1, 0.15) is 39.5 Å². The topological polar surface area (TPSA) is 41.5 Å². The van der Waals surface area contributed by atoms with Gasteiger partial charge in [0.1, 0.15) is 0 Å². The standard InChI is InChI=1S/C13H27NO2/c1-11(2)8-14-9-13(15)10-16-7-6-12-4-3-5-12/h11-15H,3-10H2,1-2H3. The molecule has 0 spiro atoms. The number of nitrogens with one attached hydrogen (secondary N) is 1. The molecule has 1 atom stereocenters. The summed E-state index contributed by atoms with van der Waals surface area (Å²) in [5.41, 5.74) is 0. The summed E-state index contributed by atoms with van der Waals surface area (Å²) in [6.45, 7) is 7.20.